The Bertz CT molecular complexity index is 283. The number of nitrogens with one attached hydrogen (secondary N) is 2. The minimum absolute atomic E-state index is 0.0331. The second-order valence-electron chi connectivity index (χ2n) is 5.33. The molecule has 0 unspecified atom stereocenters. The first-order valence-electron chi connectivity index (χ1n) is 7.89. The lowest BCUT2D eigenvalue weighted by Gasteiger charge is -2.23. The van der Waals surface area contributed by atoms with E-state index in [9.17, 15) is 0 Å². The molecule has 0 aromatic carbocycles. The van der Waals surface area contributed by atoms with Crippen LogP contribution in [-0.4, -0.2) is 52.7 Å². The van der Waals surface area contributed by atoms with Gasteiger partial charge in [0.05, 0.1) is 12.7 Å². The number of methoxy groups -OCH3 is 2. The van der Waals surface area contributed by atoms with Gasteiger partial charge >= 0.3 is 0 Å². The summed E-state index contributed by atoms with van der Waals surface area (Å²) in [5.41, 5.74) is 1.08. The molecule has 0 spiro atoms. The van der Waals surface area contributed by atoms with Crippen molar-refractivity contribution >= 4 is 0 Å². The largest absolute Gasteiger partial charge is 0.479 e. The molecule has 0 aliphatic heterocycles. The predicted octanol–water partition coefficient (Wildman–Crippen LogP) is 2.28. The van der Waals surface area contributed by atoms with Crippen LogP contribution in [0, 0.1) is 0 Å². The Labute approximate surface area is 130 Å². The van der Waals surface area contributed by atoms with Gasteiger partial charge in [-0.1, -0.05) is 6.92 Å². The maximum absolute atomic E-state index is 5.89. The predicted molar refractivity (Wildman–Crippen MR) is 87.4 cm³/mol. The van der Waals surface area contributed by atoms with Crippen LogP contribution in [0.25, 0.3) is 0 Å². The van der Waals surface area contributed by atoms with E-state index in [1.54, 1.807) is 14.2 Å². The molecule has 0 aliphatic carbocycles. The molecule has 0 rings (SSSR count). The second kappa shape index (κ2) is 12.9. The molecule has 0 amide bonds. The molecule has 5 heteroatoms. The van der Waals surface area contributed by atoms with Gasteiger partial charge in [0, 0.05) is 45.4 Å². The summed E-state index contributed by atoms with van der Waals surface area (Å²) in [7, 11) is 3.41. The molecular weight excluding hydrogens is 268 g/mol. The summed E-state index contributed by atoms with van der Waals surface area (Å²) in [6.07, 6.45) is 2.05. The van der Waals surface area contributed by atoms with Crippen LogP contribution in [0.1, 0.15) is 40.5 Å². The quantitative estimate of drug-likeness (QED) is 0.404. The van der Waals surface area contributed by atoms with Crippen LogP contribution in [0.4, 0.5) is 0 Å². The lowest BCUT2D eigenvalue weighted by Crippen LogP contribution is -2.38. The molecule has 126 valence electrons. The highest BCUT2D eigenvalue weighted by atomic mass is 16.5. The first-order chi connectivity index (χ1) is 10.1. The van der Waals surface area contributed by atoms with Gasteiger partial charge in [0.1, 0.15) is 0 Å². The topological polar surface area (TPSA) is 51.8 Å². The minimum atomic E-state index is 0.0331. The van der Waals surface area contributed by atoms with Crippen molar-refractivity contribution in [2.24, 2.45) is 0 Å². The van der Waals surface area contributed by atoms with E-state index in [1.807, 2.05) is 13.8 Å². The number of ether oxygens (including phenoxy) is 3. The normalized spacial score (nSPS) is 15.3. The van der Waals surface area contributed by atoms with Gasteiger partial charge in [-0.15, -0.1) is 0 Å². The Balaban J connectivity index is 4.49. The van der Waals surface area contributed by atoms with E-state index in [4.69, 9.17) is 14.2 Å². The average Bonchev–Trinajstić information content (AvgIpc) is 2.49. The molecule has 0 aliphatic rings. The van der Waals surface area contributed by atoms with Crippen LogP contribution in [0.2, 0.25) is 0 Å². The van der Waals surface area contributed by atoms with Crippen LogP contribution in [0.15, 0.2) is 11.5 Å². The van der Waals surface area contributed by atoms with E-state index in [-0.39, 0.29) is 6.10 Å². The third kappa shape index (κ3) is 9.72. The van der Waals surface area contributed by atoms with Gasteiger partial charge in [0.15, 0.2) is 5.88 Å². The highest BCUT2D eigenvalue weighted by molar-refractivity contribution is 5.09. The van der Waals surface area contributed by atoms with Crippen molar-refractivity contribution in [2.45, 2.75) is 52.7 Å². The van der Waals surface area contributed by atoms with E-state index in [0.29, 0.717) is 19.3 Å². The third-order valence-electron chi connectivity index (χ3n) is 3.32. The Morgan fingerprint density at radius 3 is 2.43 bits per heavy atom. The molecule has 0 aromatic rings. The molecule has 21 heavy (non-hydrogen) atoms. The zero-order valence-corrected chi connectivity index (χ0v) is 14.6. The summed E-state index contributed by atoms with van der Waals surface area (Å²) in [6.45, 7) is 11.7. The first-order valence-corrected chi connectivity index (χ1v) is 7.89. The van der Waals surface area contributed by atoms with Gasteiger partial charge < -0.3 is 24.8 Å². The molecule has 2 atom stereocenters. The number of hydrogen-bond donors (Lipinski definition) is 2. The average molecular weight is 302 g/mol. The maximum atomic E-state index is 5.89. The summed E-state index contributed by atoms with van der Waals surface area (Å²) in [5, 5.41) is 6.85. The molecule has 0 radical (unpaired) electrons. The standard InChI is InChI=1S/C16H34N2O3/c1-7-9-17-12-13(2)18-16(14(3)15(4)20-6)21-11-8-10-19-5/h13,15,17-18H,7-12H2,1-6H3/b16-14-/t13-,15-/m0/s1. The smallest absolute Gasteiger partial charge is 0.188 e. The van der Waals surface area contributed by atoms with Gasteiger partial charge in [-0.05, 0) is 33.7 Å². The van der Waals surface area contributed by atoms with Crippen LogP contribution < -0.4 is 10.6 Å². The van der Waals surface area contributed by atoms with Gasteiger partial charge in [0.25, 0.3) is 0 Å². The minimum Gasteiger partial charge on any atom is -0.479 e. The van der Waals surface area contributed by atoms with E-state index in [0.717, 1.165) is 37.4 Å². The molecule has 0 saturated heterocycles. The maximum Gasteiger partial charge on any atom is 0.188 e. The first kappa shape index (κ1) is 20.2. The van der Waals surface area contributed by atoms with Gasteiger partial charge in [-0.2, -0.15) is 0 Å². The molecule has 5 nitrogen and oxygen atoms in total. The fourth-order valence-corrected chi connectivity index (χ4v) is 1.78. The lowest BCUT2D eigenvalue weighted by atomic mass is 10.2. The highest BCUT2D eigenvalue weighted by Crippen LogP contribution is 2.11. The third-order valence-corrected chi connectivity index (χ3v) is 3.32. The highest BCUT2D eigenvalue weighted by Gasteiger charge is 2.13. The van der Waals surface area contributed by atoms with E-state index in [2.05, 4.69) is 24.5 Å². The van der Waals surface area contributed by atoms with Crippen molar-refractivity contribution in [3.05, 3.63) is 11.5 Å². The summed E-state index contributed by atoms with van der Waals surface area (Å²) in [6, 6.07) is 0.299. The van der Waals surface area contributed by atoms with Crippen molar-refractivity contribution in [2.75, 3.05) is 40.5 Å². The van der Waals surface area contributed by atoms with Crippen molar-refractivity contribution < 1.29 is 14.2 Å². The molecule has 0 fully saturated rings. The Morgan fingerprint density at radius 2 is 1.86 bits per heavy atom. The molecule has 0 saturated carbocycles. The van der Waals surface area contributed by atoms with Crippen molar-refractivity contribution in [3.63, 3.8) is 0 Å². The van der Waals surface area contributed by atoms with Gasteiger partial charge in [0.2, 0.25) is 0 Å². The summed E-state index contributed by atoms with van der Waals surface area (Å²) >= 11 is 0. The SMILES string of the molecule is CCCNC[C@H](C)N/C(OCCCOC)=C(\C)[C@H](C)OC. The molecule has 0 bridgehead atoms. The van der Waals surface area contributed by atoms with Crippen molar-refractivity contribution in [3.8, 4) is 0 Å². The van der Waals surface area contributed by atoms with Crippen LogP contribution in [0.3, 0.4) is 0 Å². The van der Waals surface area contributed by atoms with Gasteiger partial charge in [-0.3, -0.25) is 0 Å². The fraction of sp³-hybridized carbons (Fsp3) is 0.875. The van der Waals surface area contributed by atoms with E-state index in [1.165, 1.54) is 0 Å². The van der Waals surface area contributed by atoms with Gasteiger partial charge in [-0.25, -0.2) is 0 Å². The monoisotopic (exact) mass is 302 g/mol. The second-order valence-corrected chi connectivity index (χ2v) is 5.33. The van der Waals surface area contributed by atoms with Crippen LogP contribution in [0.5, 0.6) is 0 Å². The molecular formula is C16H34N2O3. The van der Waals surface area contributed by atoms with Crippen molar-refractivity contribution in [1.82, 2.24) is 10.6 Å². The van der Waals surface area contributed by atoms with Crippen LogP contribution >= 0.6 is 0 Å². The zero-order valence-electron chi connectivity index (χ0n) is 14.6. The zero-order chi connectivity index (χ0) is 16.1. The molecule has 2 N–H and O–H groups in total. The van der Waals surface area contributed by atoms with E-state index >= 15 is 0 Å². The Kier molecular flexibility index (Phi) is 12.4. The number of rotatable bonds is 13. The van der Waals surface area contributed by atoms with Crippen LogP contribution in [-0.2, 0) is 14.2 Å². The molecule has 0 heterocycles. The summed E-state index contributed by atoms with van der Waals surface area (Å²) in [5.74, 6) is 0.825. The fourth-order valence-electron chi connectivity index (χ4n) is 1.78. The lowest BCUT2D eigenvalue weighted by molar-refractivity contribution is 0.113. The molecule has 0 aromatic heterocycles. The van der Waals surface area contributed by atoms with E-state index < -0.39 is 0 Å². The summed E-state index contributed by atoms with van der Waals surface area (Å²) in [4.78, 5) is 0. The van der Waals surface area contributed by atoms with Crippen molar-refractivity contribution in [1.29, 1.82) is 0 Å². The summed E-state index contributed by atoms with van der Waals surface area (Å²) < 4.78 is 16.3. The Hall–Kier alpha value is -0.780. The Morgan fingerprint density at radius 1 is 1.14 bits per heavy atom. The number of hydrogen-bond acceptors (Lipinski definition) is 5.